The van der Waals surface area contributed by atoms with Crippen molar-refractivity contribution >= 4 is 32.9 Å². The van der Waals surface area contributed by atoms with Gasteiger partial charge in [0.05, 0.1) is 24.8 Å². The number of sulfone groups is 1. The van der Waals surface area contributed by atoms with Gasteiger partial charge in [0.15, 0.2) is 15.6 Å². The van der Waals surface area contributed by atoms with Gasteiger partial charge in [0, 0.05) is 5.56 Å². The van der Waals surface area contributed by atoms with Gasteiger partial charge >= 0.3 is 0 Å². The van der Waals surface area contributed by atoms with Crippen molar-refractivity contribution in [2.45, 2.75) is 12.6 Å². The van der Waals surface area contributed by atoms with Crippen LogP contribution in [-0.2, 0) is 25.1 Å². The summed E-state index contributed by atoms with van der Waals surface area (Å²) in [7, 11) is -0.565. The van der Waals surface area contributed by atoms with Crippen LogP contribution in [0.15, 0.2) is 48.5 Å². The normalized spacial score (nSPS) is 16.8. The van der Waals surface area contributed by atoms with Crippen molar-refractivity contribution in [1.82, 2.24) is 9.88 Å². The minimum absolute atomic E-state index is 0.127. The lowest BCUT2D eigenvalue weighted by Gasteiger charge is -2.33. The van der Waals surface area contributed by atoms with Gasteiger partial charge in [-0.1, -0.05) is 0 Å². The first-order valence-corrected chi connectivity index (χ1v) is 12.8. The van der Waals surface area contributed by atoms with Crippen LogP contribution in [0.5, 0.6) is 11.5 Å². The monoisotopic (exact) mass is 501 g/mol. The van der Waals surface area contributed by atoms with Gasteiger partial charge in [-0.15, -0.1) is 11.3 Å². The molecule has 1 aliphatic rings. The molecule has 3 aromatic rings. The number of carbonyl (C=O) groups is 2. The van der Waals surface area contributed by atoms with E-state index in [1.165, 1.54) is 6.92 Å². The molecule has 1 aliphatic heterocycles. The first kappa shape index (κ1) is 23.9. The lowest BCUT2D eigenvalue weighted by molar-refractivity contribution is -0.142. The molecule has 1 aromatic heterocycles. The molecule has 4 rings (SSSR count). The Hall–Kier alpha value is -3.28. The van der Waals surface area contributed by atoms with Gasteiger partial charge in [0.25, 0.3) is 0 Å². The molecule has 0 spiro atoms. The number of amides is 1. The van der Waals surface area contributed by atoms with Gasteiger partial charge in [-0.05, 0) is 61.0 Å². The Morgan fingerprint density at radius 3 is 2.00 bits per heavy atom. The number of hydrogen-bond donors (Lipinski definition) is 1. The average Bonchev–Trinajstić information content (AvgIpc) is 3.39. The number of aromatic nitrogens is 1. The summed E-state index contributed by atoms with van der Waals surface area (Å²) in [6, 6.07) is 14.5. The molecule has 0 bridgehead atoms. The maximum Gasteiger partial charge on any atom is 0.240 e. The maximum atomic E-state index is 12.8. The summed E-state index contributed by atoms with van der Waals surface area (Å²) in [5.41, 5.74) is 6.56. The summed E-state index contributed by atoms with van der Waals surface area (Å²) >= 11 is 1.14. The van der Waals surface area contributed by atoms with E-state index in [-0.39, 0.29) is 5.01 Å². The SMILES string of the molecule is COc1ccc(-c2nc(C(N)(C(C)=O)N3CS(=O)(=O)CC3=O)sc2-c2ccc(OC)cc2)cc1. The van der Waals surface area contributed by atoms with Gasteiger partial charge < -0.3 is 9.47 Å². The molecule has 2 heterocycles. The van der Waals surface area contributed by atoms with Gasteiger partial charge in [0.1, 0.15) is 28.1 Å². The van der Waals surface area contributed by atoms with Crippen LogP contribution in [0.3, 0.4) is 0 Å². The fourth-order valence-electron chi connectivity index (χ4n) is 3.70. The van der Waals surface area contributed by atoms with Crippen LogP contribution in [0.1, 0.15) is 11.9 Å². The Labute approximate surface area is 201 Å². The number of ether oxygens (including phenoxy) is 2. The van der Waals surface area contributed by atoms with E-state index in [9.17, 15) is 18.0 Å². The Morgan fingerprint density at radius 1 is 1.03 bits per heavy atom. The zero-order valence-electron chi connectivity index (χ0n) is 18.8. The van der Waals surface area contributed by atoms with E-state index >= 15 is 0 Å². The summed E-state index contributed by atoms with van der Waals surface area (Å²) in [4.78, 5) is 31.6. The third-order valence-corrected chi connectivity index (χ3v) is 8.17. The molecule has 2 N–H and O–H groups in total. The highest BCUT2D eigenvalue weighted by molar-refractivity contribution is 7.92. The first-order chi connectivity index (χ1) is 16.1. The highest BCUT2D eigenvalue weighted by Gasteiger charge is 2.51. The van der Waals surface area contributed by atoms with Crippen LogP contribution in [-0.4, -0.2) is 55.8 Å². The molecular formula is C23H23N3O6S2. The van der Waals surface area contributed by atoms with Crippen molar-refractivity contribution < 1.29 is 27.5 Å². The highest BCUT2D eigenvalue weighted by atomic mass is 32.2. The minimum atomic E-state index is -3.70. The molecule has 0 saturated carbocycles. The van der Waals surface area contributed by atoms with Gasteiger partial charge in [-0.3, -0.25) is 20.2 Å². The van der Waals surface area contributed by atoms with Crippen LogP contribution in [0.2, 0.25) is 0 Å². The molecule has 1 unspecified atom stereocenters. The zero-order chi connectivity index (χ0) is 24.7. The summed E-state index contributed by atoms with van der Waals surface area (Å²) in [6.07, 6.45) is 0. The summed E-state index contributed by atoms with van der Waals surface area (Å²) in [5, 5.41) is 0.127. The number of carbonyl (C=O) groups excluding carboxylic acids is 2. The maximum absolute atomic E-state index is 12.8. The van der Waals surface area contributed by atoms with Crippen molar-refractivity contribution in [3.05, 3.63) is 53.5 Å². The minimum Gasteiger partial charge on any atom is -0.497 e. The first-order valence-electron chi connectivity index (χ1n) is 10.2. The van der Waals surface area contributed by atoms with Crippen LogP contribution >= 0.6 is 11.3 Å². The topological polar surface area (TPSA) is 129 Å². The second-order valence-electron chi connectivity index (χ2n) is 7.82. The third kappa shape index (κ3) is 4.17. The van der Waals surface area contributed by atoms with Crippen molar-refractivity contribution in [2.75, 3.05) is 25.8 Å². The highest BCUT2D eigenvalue weighted by Crippen LogP contribution is 2.42. The molecule has 1 amide bonds. The van der Waals surface area contributed by atoms with Crippen molar-refractivity contribution in [1.29, 1.82) is 0 Å². The van der Waals surface area contributed by atoms with Gasteiger partial charge in [0.2, 0.25) is 11.6 Å². The number of nitrogens with two attached hydrogens (primary N) is 1. The van der Waals surface area contributed by atoms with Crippen molar-refractivity contribution in [2.24, 2.45) is 5.73 Å². The number of rotatable bonds is 7. The molecule has 9 nitrogen and oxygen atoms in total. The second kappa shape index (κ2) is 8.82. The van der Waals surface area contributed by atoms with Crippen LogP contribution in [0, 0.1) is 0 Å². The van der Waals surface area contributed by atoms with Crippen LogP contribution in [0.4, 0.5) is 0 Å². The lowest BCUT2D eigenvalue weighted by atomic mass is 10.0. The van der Waals surface area contributed by atoms with E-state index in [1.807, 2.05) is 24.3 Å². The van der Waals surface area contributed by atoms with Crippen molar-refractivity contribution in [3.8, 4) is 33.2 Å². The molecule has 1 atom stereocenters. The number of ketones is 1. The smallest absolute Gasteiger partial charge is 0.240 e. The Bertz CT molecular complexity index is 1290. The average molecular weight is 502 g/mol. The molecule has 0 aliphatic carbocycles. The predicted octanol–water partition coefficient (Wildman–Crippen LogP) is 2.41. The number of nitrogens with zero attached hydrogens (tertiary/aromatic N) is 2. The largest absolute Gasteiger partial charge is 0.497 e. The molecular weight excluding hydrogens is 478 g/mol. The quantitative estimate of drug-likeness (QED) is 0.523. The van der Waals surface area contributed by atoms with Crippen LogP contribution < -0.4 is 15.2 Å². The molecule has 11 heteroatoms. The van der Waals surface area contributed by atoms with E-state index in [2.05, 4.69) is 4.98 Å². The van der Waals surface area contributed by atoms with E-state index in [0.717, 1.165) is 27.4 Å². The Kier molecular flexibility index (Phi) is 6.19. The number of thiazole rings is 1. The van der Waals surface area contributed by atoms with Crippen LogP contribution in [0.25, 0.3) is 21.7 Å². The van der Waals surface area contributed by atoms with Gasteiger partial charge in [-0.2, -0.15) is 0 Å². The molecule has 34 heavy (non-hydrogen) atoms. The third-order valence-electron chi connectivity index (χ3n) is 5.60. The lowest BCUT2D eigenvalue weighted by Crippen LogP contribution is -2.58. The Morgan fingerprint density at radius 2 is 1.56 bits per heavy atom. The number of Topliss-reactive ketones (excluding diaryl/α,β-unsaturated/α-hetero) is 1. The Balaban J connectivity index is 1.91. The molecule has 1 saturated heterocycles. The molecule has 178 valence electrons. The van der Waals surface area contributed by atoms with E-state index in [1.54, 1.807) is 38.5 Å². The fourth-order valence-corrected chi connectivity index (χ4v) is 6.32. The summed E-state index contributed by atoms with van der Waals surface area (Å²) in [6.45, 7) is 1.22. The molecule has 2 aromatic carbocycles. The van der Waals surface area contributed by atoms with E-state index < -0.39 is 38.8 Å². The zero-order valence-corrected chi connectivity index (χ0v) is 20.4. The fraction of sp³-hybridized carbons (Fsp3) is 0.261. The molecule has 0 radical (unpaired) electrons. The second-order valence-corrected chi connectivity index (χ2v) is 10.8. The number of methoxy groups -OCH3 is 2. The summed E-state index contributed by atoms with van der Waals surface area (Å²) < 4.78 is 34.7. The summed E-state index contributed by atoms with van der Waals surface area (Å²) in [5.74, 6) is -1.32. The van der Waals surface area contributed by atoms with Crippen molar-refractivity contribution in [3.63, 3.8) is 0 Å². The van der Waals surface area contributed by atoms with Gasteiger partial charge in [-0.25, -0.2) is 13.4 Å². The van der Waals surface area contributed by atoms with E-state index in [4.69, 9.17) is 15.2 Å². The predicted molar refractivity (Wildman–Crippen MR) is 128 cm³/mol. The molecule has 1 fully saturated rings. The number of hydrogen-bond acceptors (Lipinski definition) is 9. The standard InChI is InChI=1S/C23H23N3O6S2/c1-14(27)23(24,26-13-34(29,30)12-19(26)28)22-25-20(15-4-8-17(31-2)9-5-15)21(33-22)16-6-10-18(32-3)11-7-16/h4-11H,12-13,24H2,1-3H3. The van der Waals surface area contributed by atoms with E-state index in [0.29, 0.717) is 22.1 Å². The number of benzene rings is 2.